The molecule has 0 spiro atoms. The molecule has 118 valence electrons. The largest absolute Gasteiger partial charge is 0.466 e. The Morgan fingerprint density at radius 3 is 2.18 bits per heavy atom. The number of allylic oxidation sites excluding steroid dienone is 1. The number of methoxy groups -OCH3 is 1. The van der Waals surface area contributed by atoms with E-state index in [4.69, 9.17) is 11.5 Å². The summed E-state index contributed by atoms with van der Waals surface area (Å²) in [5, 5.41) is 0. The molecule has 8 heteroatoms. The number of urea groups is 1. The van der Waals surface area contributed by atoms with Crippen LogP contribution in [0.25, 0.3) is 0 Å². The predicted octanol–water partition coefficient (Wildman–Crippen LogP) is 0.810. The van der Waals surface area contributed by atoms with Gasteiger partial charge in [-0.1, -0.05) is 12.1 Å². The second-order valence-corrected chi connectivity index (χ2v) is 4.39. The predicted molar refractivity (Wildman–Crippen MR) is 75.5 cm³/mol. The maximum atomic E-state index is 13.1. The van der Waals surface area contributed by atoms with Crippen molar-refractivity contribution < 1.29 is 23.5 Å². The van der Waals surface area contributed by atoms with Gasteiger partial charge in [-0.25, -0.2) is 14.0 Å². The Labute approximate surface area is 126 Å². The summed E-state index contributed by atoms with van der Waals surface area (Å²) in [6, 6.07) is 2.55. The number of carbonyl (C=O) groups excluding carboxylic acids is 3. The molecular formula is C14H16FN3O4. The van der Waals surface area contributed by atoms with Crippen LogP contribution >= 0.6 is 0 Å². The van der Waals surface area contributed by atoms with Crippen molar-refractivity contribution in [3.8, 4) is 0 Å². The summed E-state index contributed by atoms with van der Waals surface area (Å²) in [4.78, 5) is 35.2. The summed E-state index contributed by atoms with van der Waals surface area (Å²) in [7, 11) is 1.13. The first-order valence-electron chi connectivity index (χ1n) is 6.16. The summed E-state index contributed by atoms with van der Waals surface area (Å²) in [5.74, 6) is -1.35. The summed E-state index contributed by atoms with van der Waals surface area (Å²) in [6.45, 7) is 1.41. The molecule has 22 heavy (non-hydrogen) atoms. The number of imide groups is 1. The molecule has 0 fully saturated rings. The van der Waals surface area contributed by atoms with Crippen LogP contribution in [0.3, 0.4) is 0 Å². The third-order valence-corrected chi connectivity index (χ3v) is 2.94. The van der Waals surface area contributed by atoms with Gasteiger partial charge in [-0.3, -0.25) is 9.69 Å². The van der Waals surface area contributed by atoms with Crippen molar-refractivity contribution in [3.05, 3.63) is 46.9 Å². The van der Waals surface area contributed by atoms with Crippen LogP contribution in [0.5, 0.6) is 0 Å². The monoisotopic (exact) mass is 309 g/mol. The lowest BCUT2D eigenvalue weighted by Gasteiger charge is -2.27. The van der Waals surface area contributed by atoms with Crippen molar-refractivity contribution in [2.24, 2.45) is 11.5 Å². The van der Waals surface area contributed by atoms with E-state index < -0.39 is 23.9 Å². The Morgan fingerprint density at radius 2 is 1.82 bits per heavy atom. The lowest BCUT2D eigenvalue weighted by molar-refractivity contribution is -0.137. The van der Waals surface area contributed by atoms with Gasteiger partial charge in [0.15, 0.2) is 0 Å². The second kappa shape index (κ2) is 7.21. The molecule has 0 saturated heterocycles. The number of nitrogens with two attached hydrogens (primary N) is 2. The van der Waals surface area contributed by atoms with Gasteiger partial charge in [-0.2, -0.15) is 0 Å². The molecule has 1 rings (SSSR count). The van der Waals surface area contributed by atoms with Gasteiger partial charge in [0.05, 0.1) is 12.7 Å². The Bertz CT molecular complexity index is 609. The Kier molecular flexibility index (Phi) is 5.62. The number of benzene rings is 1. The van der Waals surface area contributed by atoms with Crippen molar-refractivity contribution in [3.63, 3.8) is 0 Å². The van der Waals surface area contributed by atoms with E-state index in [0.717, 1.165) is 19.2 Å². The Hall–Kier alpha value is -2.90. The van der Waals surface area contributed by atoms with Gasteiger partial charge in [0.1, 0.15) is 11.9 Å². The van der Waals surface area contributed by atoms with E-state index in [0.29, 0.717) is 4.90 Å². The fourth-order valence-electron chi connectivity index (χ4n) is 1.95. The number of carbonyl (C=O) groups is 3. The molecule has 0 aromatic heterocycles. The number of hydrogen-bond donors (Lipinski definition) is 2. The molecule has 1 aromatic rings. The Morgan fingerprint density at radius 1 is 1.27 bits per heavy atom. The minimum Gasteiger partial charge on any atom is -0.466 e. The number of hydrogen-bond acceptors (Lipinski definition) is 5. The molecule has 4 N–H and O–H groups in total. The van der Waals surface area contributed by atoms with Crippen molar-refractivity contribution >= 4 is 18.4 Å². The number of amides is 3. The van der Waals surface area contributed by atoms with Gasteiger partial charge in [0, 0.05) is 5.70 Å². The average Bonchev–Trinajstić information content (AvgIpc) is 2.46. The zero-order valence-corrected chi connectivity index (χ0v) is 12.1. The molecule has 0 heterocycles. The lowest BCUT2D eigenvalue weighted by atomic mass is 9.96. The van der Waals surface area contributed by atoms with Crippen molar-refractivity contribution in [2.75, 3.05) is 7.11 Å². The molecule has 1 atom stereocenters. The minimum atomic E-state index is -1.21. The molecule has 7 nitrogen and oxygen atoms in total. The number of ether oxygens (including phenoxy) is 1. The highest BCUT2D eigenvalue weighted by molar-refractivity contribution is 5.94. The van der Waals surface area contributed by atoms with Crippen LogP contribution in [0.15, 0.2) is 35.5 Å². The molecule has 3 amide bonds. The smallest absolute Gasteiger partial charge is 0.337 e. The Balaban J connectivity index is 3.54. The number of primary amides is 1. The van der Waals surface area contributed by atoms with Crippen LogP contribution < -0.4 is 11.5 Å². The molecule has 0 bridgehead atoms. The highest BCUT2D eigenvalue weighted by atomic mass is 19.1. The van der Waals surface area contributed by atoms with Crippen molar-refractivity contribution in [1.29, 1.82) is 0 Å². The number of nitrogens with zero attached hydrogens (tertiary/aromatic N) is 1. The quantitative estimate of drug-likeness (QED) is 0.474. The van der Waals surface area contributed by atoms with E-state index >= 15 is 0 Å². The van der Waals surface area contributed by atoms with Crippen LogP contribution in [0.4, 0.5) is 9.18 Å². The van der Waals surface area contributed by atoms with E-state index in [1.807, 2.05) is 0 Å². The van der Waals surface area contributed by atoms with Crippen LogP contribution in [-0.2, 0) is 14.3 Å². The zero-order chi connectivity index (χ0) is 16.9. The van der Waals surface area contributed by atoms with Crippen LogP contribution in [0.2, 0.25) is 0 Å². The number of esters is 1. The molecule has 0 aliphatic rings. The molecule has 0 radical (unpaired) electrons. The van der Waals surface area contributed by atoms with Crippen LogP contribution in [0, 0.1) is 5.82 Å². The van der Waals surface area contributed by atoms with Gasteiger partial charge in [0.25, 0.3) is 0 Å². The standard InChI is InChI=1S/C14H16FN3O4/c1-8(16)11(13(20)22-2)12(18(7-19)14(17)21)9-3-5-10(15)6-4-9/h3-7,12H,16H2,1-2H3,(H2,17,21)/b11-8+. The normalized spacial score (nSPS) is 12.9. The first-order valence-corrected chi connectivity index (χ1v) is 6.16. The van der Waals surface area contributed by atoms with Gasteiger partial charge in [-0.05, 0) is 24.6 Å². The number of halogens is 1. The summed E-state index contributed by atoms with van der Waals surface area (Å²) >= 11 is 0. The van der Waals surface area contributed by atoms with E-state index in [-0.39, 0.29) is 23.2 Å². The maximum Gasteiger partial charge on any atom is 0.337 e. The minimum absolute atomic E-state index is 0.0364. The van der Waals surface area contributed by atoms with Gasteiger partial charge < -0.3 is 16.2 Å². The first-order chi connectivity index (χ1) is 10.3. The first kappa shape index (κ1) is 17.2. The summed E-state index contributed by atoms with van der Waals surface area (Å²) in [6.07, 6.45) is 0.169. The van der Waals surface area contributed by atoms with E-state index in [1.54, 1.807) is 0 Å². The molecular weight excluding hydrogens is 293 g/mol. The second-order valence-electron chi connectivity index (χ2n) is 4.39. The van der Waals surface area contributed by atoms with E-state index in [2.05, 4.69) is 4.74 Å². The fourth-order valence-corrected chi connectivity index (χ4v) is 1.95. The van der Waals surface area contributed by atoms with Gasteiger partial charge in [0.2, 0.25) is 6.41 Å². The average molecular weight is 309 g/mol. The van der Waals surface area contributed by atoms with Gasteiger partial charge in [-0.15, -0.1) is 0 Å². The summed E-state index contributed by atoms with van der Waals surface area (Å²) < 4.78 is 17.7. The molecule has 1 unspecified atom stereocenters. The maximum absolute atomic E-state index is 13.1. The lowest BCUT2D eigenvalue weighted by Crippen LogP contribution is -2.40. The molecule has 0 aliphatic heterocycles. The number of rotatable bonds is 5. The van der Waals surface area contributed by atoms with Gasteiger partial charge >= 0.3 is 12.0 Å². The highest BCUT2D eigenvalue weighted by Crippen LogP contribution is 2.30. The summed E-state index contributed by atoms with van der Waals surface area (Å²) in [5.41, 5.74) is 11.0. The van der Waals surface area contributed by atoms with Crippen molar-refractivity contribution in [1.82, 2.24) is 4.90 Å². The van der Waals surface area contributed by atoms with Crippen LogP contribution in [0.1, 0.15) is 18.5 Å². The third-order valence-electron chi connectivity index (χ3n) is 2.94. The molecule has 0 saturated carbocycles. The SMILES string of the molecule is COC(=O)/C(=C(\C)N)C(c1ccc(F)cc1)N(C=O)C(N)=O. The molecule has 0 aliphatic carbocycles. The third kappa shape index (κ3) is 3.60. The van der Waals surface area contributed by atoms with E-state index in [1.165, 1.54) is 19.1 Å². The molecule has 1 aromatic carbocycles. The highest BCUT2D eigenvalue weighted by Gasteiger charge is 2.32. The van der Waals surface area contributed by atoms with Crippen LogP contribution in [-0.4, -0.2) is 30.4 Å². The fraction of sp³-hybridized carbons (Fsp3) is 0.214. The zero-order valence-electron chi connectivity index (χ0n) is 12.1. The topological polar surface area (TPSA) is 116 Å². The van der Waals surface area contributed by atoms with Crippen molar-refractivity contribution in [2.45, 2.75) is 13.0 Å². The van der Waals surface area contributed by atoms with E-state index in [9.17, 15) is 18.8 Å².